The van der Waals surface area contributed by atoms with Crippen LogP contribution in [0.5, 0.6) is 5.88 Å². The molecule has 29 heavy (non-hydrogen) atoms. The third-order valence-corrected chi connectivity index (χ3v) is 6.30. The standard InChI is InChI=1S/C22H27N5O2/c1-22(27-10-9-23-16-27)6-4-17(5-7-22)29-21-18-3-2-8-24-19(18)15-20(25-21)26-11-13-28-14-12-26/h2-3,8-10,15-17H,4-7,11-14H2,1H3. The summed E-state index contributed by atoms with van der Waals surface area (Å²) in [5.41, 5.74) is 1.04. The molecule has 1 aliphatic carbocycles. The molecular formula is C22H27N5O2. The number of ether oxygens (including phenoxy) is 2. The summed E-state index contributed by atoms with van der Waals surface area (Å²) in [5, 5.41) is 0.979. The van der Waals surface area contributed by atoms with Crippen LogP contribution in [0.4, 0.5) is 5.82 Å². The van der Waals surface area contributed by atoms with E-state index in [0.717, 1.165) is 68.7 Å². The minimum atomic E-state index is 0.114. The van der Waals surface area contributed by atoms with Crippen molar-refractivity contribution in [2.75, 3.05) is 31.2 Å². The average Bonchev–Trinajstić information content (AvgIpc) is 3.32. The smallest absolute Gasteiger partial charge is 0.225 e. The number of fused-ring (bicyclic) bond motifs is 1. The SMILES string of the molecule is CC1(n2ccnc2)CCC(Oc2nc(N3CCOCC3)cc3ncccc23)CC1. The van der Waals surface area contributed by atoms with Gasteiger partial charge in [0, 0.05) is 43.3 Å². The molecule has 0 aromatic carbocycles. The number of imidazole rings is 1. The summed E-state index contributed by atoms with van der Waals surface area (Å²) in [6, 6.07) is 6.05. The fourth-order valence-corrected chi connectivity index (χ4v) is 4.40. The summed E-state index contributed by atoms with van der Waals surface area (Å²) in [7, 11) is 0. The van der Waals surface area contributed by atoms with Gasteiger partial charge in [-0.05, 0) is 44.7 Å². The van der Waals surface area contributed by atoms with Gasteiger partial charge >= 0.3 is 0 Å². The highest BCUT2D eigenvalue weighted by atomic mass is 16.5. The molecule has 0 spiro atoms. The van der Waals surface area contributed by atoms with Crippen molar-refractivity contribution >= 4 is 16.7 Å². The van der Waals surface area contributed by atoms with E-state index in [1.165, 1.54) is 0 Å². The van der Waals surface area contributed by atoms with Gasteiger partial charge in [-0.15, -0.1) is 0 Å². The van der Waals surface area contributed by atoms with Crippen LogP contribution < -0.4 is 9.64 Å². The lowest BCUT2D eigenvalue weighted by Gasteiger charge is -2.38. The van der Waals surface area contributed by atoms with Gasteiger partial charge in [-0.3, -0.25) is 4.98 Å². The highest BCUT2D eigenvalue weighted by molar-refractivity contribution is 5.85. The first-order chi connectivity index (χ1) is 14.2. The number of rotatable bonds is 4. The highest BCUT2D eigenvalue weighted by Gasteiger charge is 2.33. The monoisotopic (exact) mass is 393 g/mol. The zero-order valence-corrected chi connectivity index (χ0v) is 16.8. The van der Waals surface area contributed by atoms with Crippen LogP contribution in [0.3, 0.4) is 0 Å². The molecule has 2 fully saturated rings. The molecule has 152 valence electrons. The van der Waals surface area contributed by atoms with Crippen LogP contribution >= 0.6 is 0 Å². The lowest BCUT2D eigenvalue weighted by molar-refractivity contribution is 0.0911. The summed E-state index contributed by atoms with van der Waals surface area (Å²) in [4.78, 5) is 15.9. The summed E-state index contributed by atoms with van der Waals surface area (Å²) >= 11 is 0. The van der Waals surface area contributed by atoms with Gasteiger partial charge in [0.25, 0.3) is 0 Å². The number of nitrogens with zero attached hydrogens (tertiary/aromatic N) is 5. The molecule has 7 nitrogen and oxygen atoms in total. The molecule has 2 aliphatic rings. The van der Waals surface area contributed by atoms with Crippen molar-refractivity contribution in [2.24, 2.45) is 0 Å². The largest absolute Gasteiger partial charge is 0.474 e. The van der Waals surface area contributed by atoms with Crippen molar-refractivity contribution in [3.8, 4) is 5.88 Å². The lowest BCUT2D eigenvalue weighted by Crippen LogP contribution is -2.38. The predicted molar refractivity (Wildman–Crippen MR) is 111 cm³/mol. The molecule has 0 amide bonds. The van der Waals surface area contributed by atoms with E-state index >= 15 is 0 Å². The molecule has 0 atom stereocenters. The molecule has 3 aromatic heterocycles. The maximum atomic E-state index is 6.48. The lowest BCUT2D eigenvalue weighted by atomic mass is 9.81. The van der Waals surface area contributed by atoms with E-state index in [1.807, 2.05) is 30.9 Å². The van der Waals surface area contributed by atoms with Crippen LogP contribution in [0.25, 0.3) is 10.9 Å². The summed E-state index contributed by atoms with van der Waals surface area (Å²) in [5.74, 6) is 1.63. The Morgan fingerprint density at radius 3 is 2.76 bits per heavy atom. The third-order valence-electron chi connectivity index (χ3n) is 6.30. The van der Waals surface area contributed by atoms with Gasteiger partial charge < -0.3 is 18.9 Å². The van der Waals surface area contributed by atoms with Crippen molar-refractivity contribution < 1.29 is 9.47 Å². The van der Waals surface area contributed by atoms with Gasteiger partial charge in [0.1, 0.15) is 11.9 Å². The second-order valence-electron chi connectivity index (χ2n) is 8.24. The zero-order valence-electron chi connectivity index (χ0n) is 16.8. The number of anilines is 1. The summed E-state index contributed by atoms with van der Waals surface area (Å²) in [6.45, 7) is 5.46. The van der Waals surface area contributed by atoms with Crippen molar-refractivity contribution in [2.45, 2.75) is 44.2 Å². The van der Waals surface area contributed by atoms with E-state index in [2.05, 4.69) is 38.6 Å². The number of morpholine rings is 1. The van der Waals surface area contributed by atoms with Gasteiger partial charge in [0.05, 0.1) is 30.4 Å². The quantitative estimate of drug-likeness (QED) is 0.677. The Bertz CT molecular complexity index is 961. The molecule has 1 saturated carbocycles. The Balaban J connectivity index is 1.37. The second-order valence-corrected chi connectivity index (χ2v) is 8.24. The molecule has 0 bridgehead atoms. The first-order valence-corrected chi connectivity index (χ1v) is 10.4. The Morgan fingerprint density at radius 2 is 2.00 bits per heavy atom. The zero-order chi connectivity index (χ0) is 19.7. The molecule has 3 aromatic rings. The molecule has 4 heterocycles. The van der Waals surface area contributed by atoms with Crippen molar-refractivity contribution in [1.82, 2.24) is 19.5 Å². The Morgan fingerprint density at radius 1 is 1.17 bits per heavy atom. The van der Waals surface area contributed by atoms with E-state index in [4.69, 9.17) is 14.5 Å². The molecule has 0 unspecified atom stereocenters. The molecule has 1 saturated heterocycles. The number of hydrogen-bond donors (Lipinski definition) is 0. The van der Waals surface area contributed by atoms with Gasteiger partial charge in [-0.25, -0.2) is 4.98 Å². The highest BCUT2D eigenvalue weighted by Crippen LogP contribution is 2.37. The Hall–Kier alpha value is -2.67. The molecule has 5 rings (SSSR count). The van der Waals surface area contributed by atoms with Gasteiger partial charge in [0.15, 0.2) is 0 Å². The maximum absolute atomic E-state index is 6.48. The minimum absolute atomic E-state index is 0.114. The van der Waals surface area contributed by atoms with Crippen LogP contribution in [0.2, 0.25) is 0 Å². The Labute approximate surface area is 170 Å². The fraction of sp³-hybridized carbons (Fsp3) is 0.500. The first kappa shape index (κ1) is 18.4. The first-order valence-electron chi connectivity index (χ1n) is 10.4. The number of hydrogen-bond acceptors (Lipinski definition) is 6. The third kappa shape index (κ3) is 3.67. The fourth-order valence-electron chi connectivity index (χ4n) is 4.40. The second kappa shape index (κ2) is 7.63. The van der Waals surface area contributed by atoms with E-state index in [9.17, 15) is 0 Å². The van der Waals surface area contributed by atoms with Crippen LogP contribution in [0.15, 0.2) is 43.1 Å². The van der Waals surface area contributed by atoms with Crippen molar-refractivity contribution in [1.29, 1.82) is 0 Å². The Kier molecular flexibility index (Phi) is 4.83. The normalized spacial score (nSPS) is 25.3. The van der Waals surface area contributed by atoms with Gasteiger partial charge in [-0.2, -0.15) is 4.98 Å². The van der Waals surface area contributed by atoms with E-state index < -0.39 is 0 Å². The maximum Gasteiger partial charge on any atom is 0.225 e. The molecule has 1 aliphatic heterocycles. The summed E-state index contributed by atoms with van der Waals surface area (Å²) in [6.07, 6.45) is 12.0. The van der Waals surface area contributed by atoms with Gasteiger partial charge in [0.2, 0.25) is 5.88 Å². The minimum Gasteiger partial charge on any atom is -0.474 e. The van der Waals surface area contributed by atoms with Crippen LogP contribution in [-0.2, 0) is 10.3 Å². The van der Waals surface area contributed by atoms with Crippen LogP contribution in [0.1, 0.15) is 32.6 Å². The summed E-state index contributed by atoms with van der Waals surface area (Å²) < 4.78 is 14.2. The molecule has 0 N–H and O–H groups in total. The topological polar surface area (TPSA) is 65.3 Å². The molecule has 0 radical (unpaired) electrons. The van der Waals surface area contributed by atoms with Crippen molar-refractivity contribution in [3.05, 3.63) is 43.1 Å². The molecule has 7 heteroatoms. The number of aromatic nitrogens is 4. The van der Waals surface area contributed by atoms with Crippen LogP contribution in [-0.4, -0.2) is 51.9 Å². The predicted octanol–water partition coefficient (Wildman–Crippen LogP) is 3.40. The van der Waals surface area contributed by atoms with E-state index in [-0.39, 0.29) is 11.6 Å². The average molecular weight is 393 g/mol. The van der Waals surface area contributed by atoms with Gasteiger partial charge in [-0.1, -0.05) is 0 Å². The van der Waals surface area contributed by atoms with Crippen molar-refractivity contribution in [3.63, 3.8) is 0 Å². The molecular weight excluding hydrogens is 366 g/mol. The van der Waals surface area contributed by atoms with Crippen LogP contribution in [0, 0.1) is 0 Å². The van der Waals surface area contributed by atoms with E-state index in [1.54, 1.807) is 0 Å². The van der Waals surface area contributed by atoms with E-state index in [0.29, 0.717) is 5.88 Å². The number of pyridine rings is 2.